The fourth-order valence-corrected chi connectivity index (χ4v) is 1.70. The molecule has 1 aromatic heterocycles. The third-order valence-electron chi connectivity index (χ3n) is 2.58. The van der Waals surface area contributed by atoms with Crippen LogP contribution in [0.4, 0.5) is 10.1 Å². The number of nitrogens with one attached hydrogen (secondary N) is 1. The molecule has 2 aromatic rings. The highest BCUT2D eigenvalue weighted by Crippen LogP contribution is 2.18. The molecule has 0 unspecified atom stereocenters. The van der Waals surface area contributed by atoms with Crippen LogP contribution < -0.4 is 10.0 Å². The first kappa shape index (κ1) is 15.7. The molecule has 1 amide bonds. The molecular weight excluding hydrogens is 315 g/mol. The van der Waals surface area contributed by atoms with Crippen LogP contribution in [0, 0.1) is 11.0 Å². The average Bonchev–Trinajstić information content (AvgIpc) is 2.48. The lowest BCUT2D eigenvalue weighted by atomic mass is 10.3. The Kier molecular flexibility index (Phi) is 4.90. The van der Waals surface area contributed by atoms with E-state index < -0.39 is 24.3 Å². The van der Waals surface area contributed by atoms with E-state index in [1.807, 2.05) is 0 Å². The number of carbonyl (C=O) groups excluding carboxylic acids is 2. The van der Waals surface area contributed by atoms with Gasteiger partial charge >= 0.3 is 5.97 Å². The molecule has 22 heavy (non-hydrogen) atoms. The maximum atomic E-state index is 13.5. The Morgan fingerprint density at radius 3 is 2.59 bits per heavy atom. The molecule has 0 aliphatic heterocycles. The van der Waals surface area contributed by atoms with E-state index in [0.29, 0.717) is 4.73 Å². The first-order valence-corrected chi connectivity index (χ1v) is 6.44. The third kappa shape index (κ3) is 4.16. The van der Waals surface area contributed by atoms with Crippen LogP contribution in [0.1, 0.15) is 10.4 Å². The Morgan fingerprint density at radius 1 is 1.27 bits per heavy atom. The largest absolute Gasteiger partial charge is 0.619 e. The lowest BCUT2D eigenvalue weighted by Gasteiger charge is -2.07. The van der Waals surface area contributed by atoms with Gasteiger partial charge in [-0.2, -0.15) is 4.73 Å². The molecule has 114 valence electrons. The number of nitrogens with zero attached hydrogens (tertiary/aromatic N) is 1. The zero-order valence-electron chi connectivity index (χ0n) is 11.1. The van der Waals surface area contributed by atoms with E-state index in [2.05, 4.69) is 5.32 Å². The lowest BCUT2D eigenvalue weighted by molar-refractivity contribution is -0.605. The highest BCUT2D eigenvalue weighted by atomic mass is 35.5. The van der Waals surface area contributed by atoms with Crippen LogP contribution in [0.25, 0.3) is 0 Å². The van der Waals surface area contributed by atoms with Gasteiger partial charge in [-0.15, -0.1) is 0 Å². The summed E-state index contributed by atoms with van der Waals surface area (Å²) in [6.07, 6.45) is 2.25. The molecular formula is C14H10ClFN2O4. The van der Waals surface area contributed by atoms with Crippen molar-refractivity contribution < 1.29 is 23.4 Å². The third-order valence-corrected chi connectivity index (χ3v) is 2.81. The van der Waals surface area contributed by atoms with Gasteiger partial charge in [0.05, 0.1) is 11.3 Å². The summed E-state index contributed by atoms with van der Waals surface area (Å²) in [4.78, 5) is 23.2. The fraction of sp³-hybridized carbons (Fsp3) is 0.0714. The number of pyridine rings is 1. The molecule has 0 bridgehead atoms. The summed E-state index contributed by atoms with van der Waals surface area (Å²) in [5.74, 6) is -2.17. The van der Waals surface area contributed by atoms with Crippen LogP contribution in [-0.2, 0) is 9.53 Å². The zero-order valence-corrected chi connectivity index (χ0v) is 11.8. The second-order valence-electron chi connectivity index (χ2n) is 4.20. The van der Waals surface area contributed by atoms with Gasteiger partial charge in [-0.05, 0) is 18.2 Å². The number of hydrogen-bond acceptors (Lipinski definition) is 4. The molecule has 6 nitrogen and oxygen atoms in total. The van der Waals surface area contributed by atoms with Crippen LogP contribution >= 0.6 is 11.6 Å². The quantitative estimate of drug-likeness (QED) is 0.529. The number of amides is 1. The van der Waals surface area contributed by atoms with E-state index >= 15 is 0 Å². The highest BCUT2D eigenvalue weighted by Gasteiger charge is 2.12. The molecule has 0 atom stereocenters. The molecule has 1 N–H and O–H groups in total. The van der Waals surface area contributed by atoms with Crippen molar-refractivity contribution in [2.45, 2.75) is 0 Å². The molecule has 0 saturated carbocycles. The minimum atomic E-state index is -0.771. The van der Waals surface area contributed by atoms with E-state index in [9.17, 15) is 19.2 Å². The van der Waals surface area contributed by atoms with Gasteiger partial charge in [0.1, 0.15) is 5.82 Å². The van der Waals surface area contributed by atoms with E-state index in [1.54, 1.807) is 0 Å². The van der Waals surface area contributed by atoms with E-state index in [4.69, 9.17) is 16.3 Å². The Hall–Kier alpha value is -2.67. The van der Waals surface area contributed by atoms with Gasteiger partial charge in [-0.25, -0.2) is 9.18 Å². The maximum Gasteiger partial charge on any atom is 0.339 e. The van der Waals surface area contributed by atoms with Crippen LogP contribution in [0.15, 0.2) is 42.7 Å². The first-order chi connectivity index (χ1) is 10.5. The number of esters is 1. The zero-order chi connectivity index (χ0) is 16.1. The van der Waals surface area contributed by atoms with Crippen molar-refractivity contribution in [3.05, 3.63) is 64.3 Å². The summed E-state index contributed by atoms with van der Waals surface area (Å²) in [5, 5.41) is 13.3. The van der Waals surface area contributed by atoms with Crippen molar-refractivity contribution in [3.8, 4) is 0 Å². The van der Waals surface area contributed by atoms with Crippen LogP contribution in [0.5, 0.6) is 0 Å². The molecule has 8 heteroatoms. The topological polar surface area (TPSA) is 82.3 Å². The number of anilines is 1. The summed E-state index contributed by atoms with van der Waals surface area (Å²) >= 11 is 5.59. The predicted octanol–water partition coefficient (Wildman–Crippen LogP) is 1.91. The van der Waals surface area contributed by atoms with Crippen LogP contribution in [-0.4, -0.2) is 18.5 Å². The van der Waals surface area contributed by atoms with Gasteiger partial charge in [0, 0.05) is 17.2 Å². The molecule has 0 spiro atoms. The lowest BCUT2D eigenvalue weighted by Crippen LogP contribution is -2.25. The number of ether oxygens (including phenoxy) is 1. The predicted molar refractivity (Wildman–Crippen MR) is 75.7 cm³/mol. The molecule has 0 aliphatic rings. The van der Waals surface area contributed by atoms with Crippen molar-refractivity contribution >= 4 is 29.2 Å². The number of benzene rings is 1. The smallest absolute Gasteiger partial charge is 0.339 e. The summed E-state index contributed by atoms with van der Waals surface area (Å²) in [7, 11) is 0. The minimum Gasteiger partial charge on any atom is -0.619 e. The molecule has 1 aromatic carbocycles. The van der Waals surface area contributed by atoms with Gasteiger partial charge in [-0.3, -0.25) is 4.79 Å². The number of hydrogen-bond donors (Lipinski definition) is 1. The Balaban J connectivity index is 1.89. The number of rotatable bonds is 4. The van der Waals surface area contributed by atoms with Gasteiger partial charge in [-0.1, -0.05) is 11.6 Å². The highest BCUT2D eigenvalue weighted by molar-refractivity contribution is 6.30. The summed E-state index contributed by atoms with van der Waals surface area (Å²) in [5.41, 5.74) is 0.0510. The molecule has 1 heterocycles. The SMILES string of the molecule is O=C(COC(=O)c1cc[n+]([O-])cc1)Nc1ccc(Cl)cc1F. The summed E-state index contributed by atoms with van der Waals surface area (Å²) in [6, 6.07) is 6.26. The number of carbonyl (C=O) groups is 2. The van der Waals surface area contributed by atoms with Crippen molar-refractivity contribution in [3.63, 3.8) is 0 Å². The second-order valence-corrected chi connectivity index (χ2v) is 4.63. The second kappa shape index (κ2) is 6.86. The average molecular weight is 325 g/mol. The van der Waals surface area contributed by atoms with Crippen LogP contribution in [0.3, 0.4) is 0 Å². The fourth-order valence-electron chi connectivity index (χ4n) is 1.54. The molecule has 0 aliphatic carbocycles. The normalized spacial score (nSPS) is 10.1. The van der Waals surface area contributed by atoms with Crippen molar-refractivity contribution in [1.82, 2.24) is 0 Å². The number of halogens is 2. The van der Waals surface area contributed by atoms with Crippen molar-refractivity contribution in [2.75, 3.05) is 11.9 Å². The Labute approximate surface area is 129 Å². The molecule has 0 radical (unpaired) electrons. The van der Waals surface area contributed by atoms with Gasteiger partial charge in [0.15, 0.2) is 19.0 Å². The maximum absolute atomic E-state index is 13.5. The van der Waals surface area contributed by atoms with Gasteiger partial charge in [0.2, 0.25) is 0 Å². The number of aromatic nitrogens is 1. The molecule has 0 fully saturated rings. The van der Waals surface area contributed by atoms with Crippen molar-refractivity contribution in [2.24, 2.45) is 0 Å². The summed E-state index contributed by atoms with van der Waals surface area (Å²) < 4.78 is 18.7. The standard InChI is InChI=1S/C14H10ClFN2O4/c15-10-1-2-12(11(16)7-10)17-13(19)8-22-14(20)9-3-5-18(21)6-4-9/h1-7H,8H2,(H,17,19). The Bertz CT molecular complexity index is 706. The van der Waals surface area contributed by atoms with E-state index in [-0.39, 0.29) is 16.3 Å². The van der Waals surface area contributed by atoms with E-state index in [1.165, 1.54) is 24.3 Å². The van der Waals surface area contributed by atoms with Crippen LogP contribution in [0.2, 0.25) is 5.02 Å². The van der Waals surface area contributed by atoms with Gasteiger partial charge in [0.25, 0.3) is 5.91 Å². The van der Waals surface area contributed by atoms with E-state index in [0.717, 1.165) is 18.5 Å². The monoisotopic (exact) mass is 324 g/mol. The van der Waals surface area contributed by atoms with Gasteiger partial charge < -0.3 is 15.3 Å². The molecule has 0 saturated heterocycles. The Morgan fingerprint density at radius 2 is 1.95 bits per heavy atom. The van der Waals surface area contributed by atoms with Crippen molar-refractivity contribution in [1.29, 1.82) is 0 Å². The molecule has 2 rings (SSSR count). The summed E-state index contributed by atoms with van der Waals surface area (Å²) in [6.45, 7) is -0.590. The first-order valence-electron chi connectivity index (χ1n) is 6.06. The minimum absolute atomic E-state index is 0.0717.